The zero-order valence-electron chi connectivity index (χ0n) is 9.66. The first-order chi connectivity index (χ1) is 7.45. The third-order valence-electron chi connectivity index (χ3n) is 2.26. The summed E-state index contributed by atoms with van der Waals surface area (Å²) in [6.07, 6.45) is 2.29. The summed E-state index contributed by atoms with van der Waals surface area (Å²) in [6.45, 7) is 4.87. The predicted molar refractivity (Wildman–Crippen MR) is 63.3 cm³/mol. The van der Waals surface area contributed by atoms with Crippen molar-refractivity contribution in [2.75, 3.05) is 6.54 Å². The first-order valence-corrected chi connectivity index (χ1v) is 6.81. The molecule has 0 aliphatic rings. The molecule has 0 saturated heterocycles. The van der Waals surface area contributed by atoms with E-state index in [9.17, 15) is 8.42 Å². The third kappa shape index (κ3) is 3.62. The summed E-state index contributed by atoms with van der Waals surface area (Å²) in [5.41, 5.74) is 6.11. The van der Waals surface area contributed by atoms with E-state index < -0.39 is 10.0 Å². The number of sulfonamides is 1. The topological polar surface area (TPSA) is 88.0 Å². The Morgan fingerprint density at radius 1 is 1.50 bits per heavy atom. The Morgan fingerprint density at radius 3 is 2.69 bits per heavy atom. The highest BCUT2D eigenvalue weighted by molar-refractivity contribution is 7.89. The lowest BCUT2D eigenvalue weighted by Gasteiger charge is -2.06. The van der Waals surface area contributed by atoms with E-state index in [1.54, 1.807) is 6.07 Å². The molecule has 0 aromatic carbocycles. The summed E-state index contributed by atoms with van der Waals surface area (Å²) in [5.74, 6) is 0.480. The fourth-order valence-corrected chi connectivity index (χ4v) is 2.32. The molecule has 0 saturated carbocycles. The van der Waals surface area contributed by atoms with Gasteiger partial charge in [0, 0.05) is 25.0 Å². The molecule has 5 nitrogen and oxygen atoms in total. The standard InChI is InChI=1S/C10H19N3O2S/c1-8(2)3-4-13-16(14,15)10-5-9(6-11)12-7-10/h5,7-8,12-13H,3-4,6,11H2,1-2H3. The highest BCUT2D eigenvalue weighted by Crippen LogP contribution is 2.10. The third-order valence-corrected chi connectivity index (χ3v) is 3.70. The number of hydrogen-bond acceptors (Lipinski definition) is 3. The Kier molecular flexibility index (Phi) is 4.52. The van der Waals surface area contributed by atoms with Gasteiger partial charge in [0.15, 0.2) is 0 Å². The van der Waals surface area contributed by atoms with Gasteiger partial charge in [-0.05, 0) is 18.4 Å². The maximum Gasteiger partial charge on any atom is 0.242 e. The molecule has 92 valence electrons. The molecule has 0 aliphatic carbocycles. The largest absolute Gasteiger partial charge is 0.363 e. The second-order valence-electron chi connectivity index (χ2n) is 4.15. The van der Waals surface area contributed by atoms with Crippen LogP contribution in [0, 0.1) is 5.92 Å². The van der Waals surface area contributed by atoms with Gasteiger partial charge in [0.2, 0.25) is 10.0 Å². The van der Waals surface area contributed by atoms with Crippen LogP contribution < -0.4 is 10.5 Å². The van der Waals surface area contributed by atoms with Gasteiger partial charge in [-0.3, -0.25) is 0 Å². The SMILES string of the molecule is CC(C)CCNS(=O)(=O)c1c[nH]c(CN)c1. The molecule has 0 bridgehead atoms. The van der Waals surface area contributed by atoms with Crippen molar-refractivity contribution >= 4 is 10.0 Å². The molecule has 0 amide bonds. The number of hydrogen-bond donors (Lipinski definition) is 3. The minimum Gasteiger partial charge on any atom is -0.363 e. The lowest BCUT2D eigenvalue weighted by molar-refractivity contribution is 0.551. The number of H-pyrrole nitrogens is 1. The van der Waals surface area contributed by atoms with Crippen LogP contribution in [0.2, 0.25) is 0 Å². The second kappa shape index (κ2) is 5.47. The summed E-state index contributed by atoms with van der Waals surface area (Å²) in [4.78, 5) is 3.06. The fraction of sp³-hybridized carbons (Fsp3) is 0.600. The molecule has 0 atom stereocenters. The predicted octanol–water partition coefficient (Wildman–Crippen LogP) is 0.798. The van der Waals surface area contributed by atoms with Gasteiger partial charge in [-0.25, -0.2) is 13.1 Å². The molecule has 0 fully saturated rings. The van der Waals surface area contributed by atoms with Crippen LogP contribution in [-0.2, 0) is 16.6 Å². The Balaban J connectivity index is 2.63. The first-order valence-electron chi connectivity index (χ1n) is 5.32. The van der Waals surface area contributed by atoms with E-state index in [-0.39, 0.29) is 4.90 Å². The number of nitrogens with one attached hydrogen (secondary N) is 2. The normalized spacial score (nSPS) is 12.2. The van der Waals surface area contributed by atoms with Crippen molar-refractivity contribution < 1.29 is 8.42 Å². The van der Waals surface area contributed by atoms with E-state index in [0.717, 1.165) is 6.42 Å². The molecule has 1 heterocycles. The summed E-state index contributed by atoms with van der Waals surface area (Å²) in [7, 11) is -3.38. The lowest BCUT2D eigenvalue weighted by Crippen LogP contribution is -2.25. The van der Waals surface area contributed by atoms with Crippen molar-refractivity contribution in [3.05, 3.63) is 18.0 Å². The molecule has 0 spiro atoms. The molecular weight excluding hydrogens is 226 g/mol. The van der Waals surface area contributed by atoms with Gasteiger partial charge in [0.05, 0.1) is 4.90 Å². The van der Waals surface area contributed by atoms with E-state index in [4.69, 9.17) is 5.73 Å². The van der Waals surface area contributed by atoms with Crippen LogP contribution in [0.5, 0.6) is 0 Å². The van der Waals surface area contributed by atoms with Gasteiger partial charge in [-0.1, -0.05) is 13.8 Å². The highest BCUT2D eigenvalue weighted by atomic mass is 32.2. The molecule has 16 heavy (non-hydrogen) atoms. The molecule has 6 heteroatoms. The van der Waals surface area contributed by atoms with Crippen molar-refractivity contribution in [1.82, 2.24) is 9.71 Å². The van der Waals surface area contributed by atoms with Crippen molar-refractivity contribution in [2.24, 2.45) is 11.7 Å². The average Bonchev–Trinajstić information content (AvgIpc) is 2.65. The van der Waals surface area contributed by atoms with E-state index in [0.29, 0.717) is 24.7 Å². The Bertz CT molecular complexity index is 423. The maximum absolute atomic E-state index is 11.8. The maximum atomic E-state index is 11.8. The molecule has 1 aromatic heterocycles. The number of aromatic amines is 1. The number of nitrogens with two attached hydrogens (primary N) is 1. The lowest BCUT2D eigenvalue weighted by atomic mass is 10.1. The minimum absolute atomic E-state index is 0.247. The minimum atomic E-state index is -3.38. The van der Waals surface area contributed by atoms with E-state index >= 15 is 0 Å². The fourth-order valence-electron chi connectivity index (χ4n) is 1.26. The van der Waals surface area contributed by atoms with Gasteiger partial charge >= 0.3 is 0 Å². The van der Waals surface area contributed by atoms with Gasteiger partial charge in [0.1, 0.15) is 0 Å². The van der Waals surface area contributed by atoms with Gasteiger partial charge in [0.25, 0.3) is 0 Å². The molecule has 0 unspecified atom stereocenters. The Morgan fingerprint density at radius 2 is 2.19 bits per heavy atom. The molecule has 4 N–H and O–H groups in total. The molecule has 1 aromatic rings. The monoisotopic (exact) mass is 245 g/mol. The zero-order chi connectivity index (χ0) is 12.2. The smallest absolute Gasteiger partial charge is 0.242 e. The summed E-state index contributed by atoms with van der Waals surface area (Å²) in [5, 5.41) is 0. The number of rotatable bonds is 6. The van der Waals surface area contributed by atoms with Crippen LogP contribution in [0.25, 0.3) is 0 Å². The van der Waals surface area contributed by atoms with Crippen molar-refractivity contribution in [1.29, 1.82) is 0 Å². The number of aromatic nitrogens is 1. The molecule has 0 aliphatic heterocycles. The van der Waals surface area contributed by atoms with Crippen molar-refractivity contribution in [3.8, 4) is 0 Å². The van der Waals surface area contributed by atoms with Gasteiger partial charge in [-0.2, -0.15) is 0 Å². The summed E-state index contributed by atoms with van der Waals surface area (Å²) < 4.78 is 26.1. The van der Waals surface area contributed by atoms with Crippen LogP contribution in [0.15, 0.2) is 17.2 Å². The van der Waals surface area contributed by atoms with Crippen LogP contribution in [0.4, 0.5) is 0 Å². The van der Waals surface area contributed by atoms with Crippen LogP contribution in [-0.4, -0.2) is 19.9 Å². The first kappa shape index (κ1) is 13.2. The molecular formula is C10H19N3O2S. The van der Waals surface area contributed by atoms with Crippen LogP contribution in [0.3, 0.4) is 0 Å². The van der Waals surface area contributed by atoms with Crippen LogP contribution in [0.1, 0.15) is 26.0 Å². The zero-order valence-corrected chi connectivity index (χ0v) is 10.5. The molecule has 0 radical (unpaired) electrons. The second-order valence-corrected chi connectivity index (χ2v) is 5.91. The van der Waals surface area contributed by atoms with Crippen LogP contribution >= 0.6 is 0 Å². The van der Waals surface area contributed by atoms with Crippen molar-refractivity contribution in [3.63, 3.8) is 0 Å². The molecule has 1 rings (SSSR count). The average molecular weight is 245 g/mol. The highest BCUT2D eigenvalue weighted by Gasteiger charge is 2.15. The van der Waals surface area contributed by atoms with E-state index in [1.807, 2.05) is 0 Å². The van der Waals surface area contributed by atoms with Gasteiger partial charge in [-0.15, -0.1) is 0 Å². The quantitative estimate of drug-likeness (QED) is 0.692. The Hall–Kier alpha value is -0.850. The van der Waals surface area contributed by atoms with E-state index in [1.165, 1.54) is 6.20 Å². The summed E-state index contributed by atoms with van der Waals surface area (Å²) in [6, 6.07) is 1.55. The van der Waals surface area contributed by atoms with Gasteiger partial charge < -0.3 is 10.7 Å². The van der Waals surface area contributed by atoms with Crippen molar-refractivity contribution in [2.45, 2.75) is 31.7 Å². The Labute approximate surface area is 96.5 Å². The van der Waals surface area contributed by atoms with E-state index in [2.05, 4.69) is 23.6 Å². The summed E-state index contributed by atoms with van der Waals surface area (Å²) >= 11 is 0.